The number of benzene rings is 3. The summed E-state index contributed by atoms with van der Waals surface area (Å²) in [6, 6.07) is 28.2. The summed E-state index contributed by atoms with van der Waals surface area (Å²) in [6.07, 6.45) is 2.52. The van der Waals surface area contributed by atoms with E-state index >= 15 is 0 Å². The number of aromatic amines is 1. The molecule has 0 radical (unpaired) electrons. The highest BCUT2D eigenvalue weighted by Gasteiger charge is 2.47. The fourth-order valence-corrected chi connectivity index (χ4v) is 5.94. The van der Waals surface area contributed by atoms with Crippen molar-refractivity contribution in [3.8, 4) is 11.1 Å². The Morgan fingerprint density at radius 3 is 1.97 bits per heavy atom. The Balaban J connectivity index is 1.65. The summed E-state index contributed by atoms with van der Waals surface area (Å²) in [6.45, 7) is 0. The van der Waals surface area contributed by atoms with Crippen LogP contribution in [0.5, 0.6) is 0 Å². The second-order valence-corrected chi connectivity index (χ2v) is 9.38. The molecule has 5 nitrogen and oxygen atoms in total. The van der Waals surface area contributed by atoms with E-state index in [9.17, 15) is 8.42 Å². The van der Waals surface area contributed by atoms with Gasteiger partial charge in [0.15, 0.2) is 21.2 Å². The van der Waals surface area contributed by atoms with Crippen molar-refractivity contribution < 1.29 is 13.3 Å². The van der Waals surface area contributed by atoms with Crippen LogP contribution in [0.2, 0.25) is 0 Å². The largest absolute Gasteiger partial charge is 0.385 e. The van der Waals surface area contributed by atoms with E-state index in [1.165, 1.54) is 0 Å². The quantitative estimate of drug-likeness (QED) is 0.486. The Kier molecular flexibility index (Phi) is 4.92. The molecule has 0 bridgehead atoms. The number of H-pyrrole nitrogens is 1. The van der Waals surface area contributed by atoms with E-state index < -0.39 is 21.2 Å². The minimum Gasteiger partial charge on any atom is -0.385 e. The predicted molar refractivity (Wildman–Crippen MR) is 120 cm³/mol. The maximum absolute atomic E-state index is 14.1. The maximum atomic E-state index is 14.1. The van der Waals surface area contributed by atoms with Crippen molar-refractivity contribution >= 4 is 15.5 Å². The van der Waals surface area contributed by atoms with E-state index in [2.05, 4.69) is 10.1 Å². The molecule has 0 spiro atoms. The summed E-state index contributed by atoms with van der Waals surface area (Å²) in [4.78, 5) is 8.96. The number of hydrogen-bond donors (Lipinski definition) is 1. The lowest BCUT2D eigenvalue weighted by atomic mass is 10.00. The highest BCUT2D eigenvalue weighted by Crippen LogP contribution is 2.39. The lowest BCUT2D eigenvalue weighted by molar-refractivity contribution is 0.0871. The Labute approximate surface area is 180 Å². The van der Waals surface area contributed by atoms with Crippen molar-refractivity contribution in [3.05, 3.63) is 115 Å². The van der Waals surface area contributed by atoms with Crippen molar-refractivity contribution in [2.45, 2.75) is 16.2 Å². The standard InChI is InChI=1S/C25H20N2O3S/c28-31(29,22-17-26-16-21(22)18-10-4-1-5-11-18)25-23(19-12-6-2-7-13-19)27-30-24(25)20-14-8-3-9-15-20/h1-17,24-26H. The van der Waals surface area contributed by atoms with E-state index in [0.29, 0.717) is 11.3 Å². The van der Waals surface area contributed by atoms with Gasteiger partial charge in [-0.25, -0.2) is 8.42 Å². The second-order valence-electron chi connectivity index (χ2n) is 7.34. The van der Waals surface area contributed by atoms with Crippen LogP contribution in [0, 0.1) is 0 Å². The first-order valence-electron chi connectivity index (χ1n) is 9.96. The zero-order chi connectivity index (χ0) is 21.3. The van der Waals surface area contributed by atoms with Crippen LogP contribution in [0.1, 0.15) is 17.2 Å². The number of aromatic nitrogens is 1. The third kappa shape index (κ3) is 3.45. The molecule has 0 amide bonds. The fraction of sp³-hybridized carbons (Fsp3) is 0.0800. The van der Waals surface area contributed by atoms with Gasteiger partial charge in [0.25, 0.3) is 0 Å². The first kappa shape index (κ1) is 19.3. The normalized spacial score (nSPS) is 18.4. The highest BCUT2D eigenvalue weighted by atomic mass is 32.2. The predicted octanol–water partition coefficient (Wildman–Crippen LogP) is 5.00. The smallest absolute Gasteiger partial charge is 0.193 e. The SMILES string of the molecule is O=S(=O)(c1c[nH]cc1-c1ccccc1)C1C(c2ccccc2)=NOC1c1ccccc1. The molecule has 0 fully saturated rings. The van der Waals surface area contributed by atoms with Gasteiger partial charge in [-0.15, -0.1) is 0 Å². The van der Waals surface area contributed by atoms with Gasteiger partial charge >= 0.3 is 0 Å². The van der Waals surface area contributed by atoms with E-state index in [1.54, 1.807) is 12.4 Å². The summed E-state index contributed by atoms with van der Waals surface area (Å²) in [5, 5.41) is 3.27. The van der Waals surface area contributed by atoms with Gasteiger partial charge in [-0.2, -0.15) is 0 Å². The molecule has 2 heterocycles. The molecule has 2 atom stereocenters. The molecule has 31 heavy (non-hydrogen) atoms. The highest BCUT2D eigenvalue weighted by molar-refractivity contribution is 7.93. The van der Waals surface area contributed by atoms with Gasteiger partial charge in [0.2, 0.25) is 0 Å². The summed E-state index contributed by atoms with van der Waals surface area (Å²) < 4.78 is 28.2. The van der Waals surface area contributed by atoms with Gasteiger partial charge in [-0.1, -0.05) is 96.2 Å². The van der Waals surface area contributed by atoms with Crippen molar-refractivity contribution in [2.24, 2.45) is 5.16 Å². The van der Waals surface area contributed by atoms with Crippen LogP contribution in [0.3, 0.4) is 0 Å². The van der Waals surface area contributed by atoms with E-state index in [1.807, 2.05) is 91.0 Å². The van der Waals surface area contributed by atoms with E-state index in [4.69, 9.17) is 4.84 Å². The first-order chi connectivity index (χ1) is 15.2. The van der Waals surface area contributed by atoms with Crippen LogP contribution in [0.15, 0.2) is 113 Å². The average molecular weight is 429 g/mol. The van der Waals surface area contributed by atoms with Crippen LogP contribution >= 0.6 is 0 Å². The van der Waals surface area contributed by atoms with E-state index in [0.717, 1.165) is 16.7 Å². The second kappa shape index (κ2) is 7.89. The molecule has 5 rings (SSSR count). The third-order valence-electron chi connectivity index (χ3n) is 5.44. The molecule has 1 N–H and O–H groups in total. The lowest BCUT2D eigenvalue weighted by Gasteiger charge is -2.20. The van der Waals surface area contributed by atoms with Gasteiger partial charge in [0, 0.05) is 23.5 Å². The summed E-state index contributed by atoms with van der Waals surface area (Å²) in [5.74, 6) is 0. The molecule has 0 aliphatic carbocycles. The number of nitrogens with zero attached hydrogens (tertiary/aromatic N) is 1. The zero-order valence-corrected chi connectivity index (χ0v) is 17.4. The van der Waals surface area contributed by atoms with Crippen LogP contribution in [0.25, 0.3) is 11.1 Å². The Hall–Kier alpha value is -3.64. The molecule has 154 valence electrons. The van der Waals surface area contributed by atoms with Crippen LogP contribution in [0.4, 0.5) is 0 Å². The van der Waals surface area contributed by atoms with Crippen molar-refractivity contribution in [3.63, 3.8) is 0 Å². The molecule has 6 heteroatoms. The third-order valence-corrected chi connectivity index (χ3v) is 7.53. The van der Waals surface area contributed by atoms with Crippen molar-refractivity contribution in [1.29, 1.82) is 0 Å². The summed E-state index contributed by atoms with van der Waals surface area (Å²) in [7, 11) is -3.86. The number of rotatable bonds is 5. The monoisotopic (exact) mass is 428 g/mol. The molecule has 1 aliphatic rings. The Morgan fingerprint density at radius 2 is 1.32 bits per heavy atom. The van der Waals surface area contributed by atoms with Gasteiger partial charge < -0.3 is 9.82 Å². The minimum absolute atomic E-state index is 0.235. The Bertz CT molecular complexity index is 1310. The van der Waals surface area contributed by atoms with Gasteiger partial charge in [-0.05, 0) is 11.1 Å². The van der Waals surface area contributed by atoms with Gasteiger partial charge in [0.1, 0.15) is 5.71 Å². The Morgan fingerprint density at radius 1 is 0.742 bits per heavy atom. The average Bonchev–Trinajstić information content (AvgIpc) is 3.49. The molecule has 4 aromatic rings. The maximum Gasteiger partial charge on any atom is 0.193 e. The zero-order valence-electron chi connectivity index (χ0n) is 16.5. The molecule has 2 unspecified atom stereocenters. The lowest BCUT2D eigenvalue weighted by Crippen LogP contribution is -2.33. The van der Waals surface area contributed by atoms with Crippen LogP contribution in [-0.2, 0) is 14.7 Å². The number of sulfone groups is 1. The number of oxime groups is 1. The molecular weight excluding hydrogens is 408 g/mol. The molecular formula is C25H20N2O3S. The van der Waals surface area contributed by atoms with Crippen molar-refractivity contribution in [2.75, 3.05) is 0 Å². The number of nitrogens with one attached hydrogen (secondary N) is 1. The fourth-order valence-electron chi connectivity index (χ4n) is 3.94. The first-order valence-corrected chi connectivity index (χ1v) is 11.5. The van der Waals surface area contributed by atoms with Crippen LogP contribution in [-0.4, -0.2) is 24.4 Å². The summed E-state index contributed by atoms with van der Waals surface area (Å²) in [5.41, 5.74) is 3.37. The van der Waals surface area contributed by atoms with Crippen LogP contribution < -0.4 is 0 Å². The topological polar surface area (TPSA) is 71.5 Å². The molecule has 3 aromatic carbocycles. The van der Waals surface area contributed by atoms with Crippen molar-refractivity contribution in [1.82, 2.24) is 4.98 Å². The minimum atomic E-state index is -3.86. The molecule has 1 aliphatic heterocycles. The molecule has 1 aromatic heterocycles. The van der Waals surface area contributed by atoms with E-state index in [-0.39, 0.29) is 4.90 Å². The van der Waals surface area contributed by atoms with Gasteiger partial charge in [-0.3, -0.25) is 0 Å². The summed E-state index contributed by atoms with van der Waals surface area (Å²) >= 11 is 0. The van der Waals surface area contributed by atoms with Gasteiger partial charge in [0.05, 0.1) is 4.90 Å². The number of hydrogen-bond acceptors (Lipinski definition) is 4. The molecule has 0 saturated heterocycles. The molecule has 0 saturated carbocycles.